The van der Waals surface area contributed by atoms with Gasteiger partial charge in [0, 0.05) is 24.8 Å². The molecule has 0 aliphatic rings. The maximum absolute atomic E-state index is 5.00. The molecule has 2 nitrogen and oxygen atoms in total. The van der Waals surface area contributed by atoms with Gasteiger partial charge in [0.15, 0.2) is 0 Å². The molecular formula is C9H15NOS. The van der Waals surface area contributed by atoms with Crippen LogP contribution in [0.25, 0.3) is 0 Å². The van der Waals surface area contributed by atoms with Crippen molar-refractivity contribution in [2.24, 2.45) is 0 Å². The van der Waals surface area contributed by atoms with Crippen LogP contribution in [0.1, 0.15) is 30.6 Å². The van der Waals surface area contributed by atoms with Gasteiger partial charge in [-0.05, 0) is 18.8 Å². The second kappa shape index (κ2) is 5.27. The summed E-state index contributed by atoms with van der Waals surface area (Å²) in [5.74, 6) is 0.632. The summed E-state index contributed by atoms with van der Waals surface area (Å²) in [5.41, 5.74) is 1.89. The molecule has 68 valence electrons. The fraction of sp³-hybridized carbons (Fsp3) is 0.667. The van der Waals surface area contributed by atoms with Crippen molar-refractivity contribution in [3.63, 3.8) is 0 Å². The van der Waals surface area contributed by atoms with Gasteiger partial charge < -0.3 is 4.74 Å². The lowest BCUT2D eigenvalue weighted by Gasteiger charge is -2.06. The molecule has 0 radical (unpaired) electrons. The average Bonchev–Trinajstić information content (AvgIpc) is 2.56. The summed E-state index contributed by atoms with van der Waals surface area (Å²) in [7, 11) is 1.75. The Hall–Kier alpha value is -0.410. The molecule has 1 rings (SSSR count). The van der Waals surface area contributed by atoms with E-state index in [4.69, 9.17) is 4.74 Å². The zero-order valence-corrected chi connectivity index (χ0v) is 8.43. The molecule has 0 N–H and O–H groups in total. The lowest BCUT2D eigenvalue weighted by atomic mass is 10.1. The summed E-state index contributed by atoms with van der Waals surface area (Å²) >= 11 is 1.74. The first kappa shape index (κ1) is 9.68. The molecule has 0 fully saturated rings. The average molecular weight is 185 g/mol. The van der Waals surface area contributed by atoms with Crippen molar-refractivity contribution >= 4 is 11.3 Å². The number of nitrogens with zero attached hydrogens (tertiary/aromatic N) is 1. The van der Waals surface area contributed by atoms with E-state index in [1.54, 1.807) is 18.4 Å². The third kappa shape index (κ3) is 2.91. The minimum Gasteiger partial charge on any atom is -0.385 e. The van der Waals surface area contributed by atoms with Gasteiger partial charge in [-0.25, -0.2) is 0 Å². The number of rotatable bonds is 5. The number of hydrogen-bond donors (Lipinski definition) is 0. The van der Waals surface area contributed by atoms with Crippen molar-refractivity contribution in [3.05, 3.63) is 16.6 Å². The SMILES string of the molecule is COCCCC(C)c1cncs1. The van der Waals surface area contributed by atoms with E-state index in [1.165, 1.54) is 11.3 Å². The Bertz CT molecular complexity index is 198. The van der Waals surface area contributed by atoms with Gasteiger partial charge in [-0.2, -0.15) is 0 Å². The van der Waals surface area contributed by atoms with Crippen LogP contribution in [-0.4, -0.2) is 18.7 Å². The lowest BCUT2D eigenvalue weighted by molar-refractivity contribution is 0.191. The molecule has 1 aromatic heterocycles. The Labute approximate surface area is 77.6 Å². The predicted molar refractivity (Wildman–Crippen MR) is 51.6 cm³/mol. The molecule has 0 amide bonds. The molecule has 0 bridgehead atoms. The maximum Gasteiger partial charge on any atom is 0.0794 e. The van der Waals surface area contributed by atoms with E-state index < -0.39 is 0 Å². The summed E-state index contributed by atoms with van der Waals surface area (Å²) in [6.07, 6.45) is 4.29. The van der Waals surface area contributed by atoms with Gasteiger partial charge in [0.1, 0.15) is 0 Å². The van der Waals surface area contributed by atoms with Crippen molar-refractivity contribution in [1.82, 2.24) is 4.98 Å². The number of ether oxygens (including phenoxy) is 1. The van der Waals surface area contributed by atoms with E-state index in [9.17, 15) is 0 Å². The fourth-order valence-electron chi connectivity index (χ4n) is 1.15. The third-order valence-corrected chi connectivity index (χ3v) is 2.93. The first-order valence-corrected chi connectivity index (χ1v) is 5.10. The maximum atomic E-state index is 5.00. The molecule has 1 aromatic rings. The van der Waals surface area contributed by atoms with Crippen LogP contribution in [0, 0.1) is 0 Å². The summed E-state index contributed by atoms with van der Waals surface area (Å²) < 4.78 is 5.00. The van der Waals surface area contributed by atoms with E-state index >= 15 is 0 Å². The van der Waals surface area contributed by atoms with Crippen LogP contribution >= 0.6 is 11.3 Å². The number of thiazole rings is 1. The highest BCUT2D eigenvalue weighted by atomic mass is 32.1. The molecule has 0 aromatic carbocycles. The van der Waals surface area contributed by atoms with Gasteiger partial charge in [-0.3, -0.25) is 4.98 Å². The Morgan fingerprint density at radius 2 is 2.50 bits per heavy atom. The minimum atomic E-state index is 0.632. The van der Waals surface area contributed by atoms with E-state index in [-0.39, 0.29) is 0 Å². The molecule has 1 heterocycles. The van der Waals surface area contributed by atoms with E-state index in [1.807, 2.05) is 11.7 Å². The van der Waals surface area contributed by atoms with Crippen molar-refractivity contribution in [2.45, 2.75) is 25.7 Å². The molecule has 3 heteroatoms. The minimum absolute atomic E-state index is 0.632. The van der Waals surface area contributed by atoms with Crippen molar-refractivity contribution < 1.29 is 4.74 Å². The Morgan fingerprint density at radius 1 is 1.67 bits per heavy atom. The highest BCUT2D eigenvalue weighted by molar-refractivity contribution is 7.09. The fourth-order valence-corrected chi connectivity index (χ4v) is 1.86. The normalized spacial score (nSPS) is 13.2. The summed E-state index contributed by atoms with van der Waals surface area (Å²) in [6, 6.07) is 0. The van der Waals surface area contributed by atoms with E-state index in [0.717, 1.165) is 13.0 Å². The van der Waals surface area contributed by atoms with Crippen LogP contribution < -0.4 is 0 Å². The van der Waals surface area contributed by atoms with Crippen LogP contribution in [0.15, 0.2) is 11.7 Å². The standard InChI is InChI=1S/C9H15NOS/c1-8(4-3-5-11-2)9-6-10-7-12-9/h6-8H,3-5H2,1-2H3. The highest BCUT2D eigenvalue weighted by Gasteiger charge is 2.05. The van der Waals surface area contributed by atoms with Crippen LogP contribution in [0.3, 0.4) is 0 Å². The Morgan fingerprint density at radius 3 is 3.08 bits per heavy atom. The third-order valence-electron chi connectivity index (χ3n) is 1.92. The zero-order chi connectivity index (χ0) is 8.81. The van der Waals surface area contributed by atoms with E-state index in [0.29, 0.717) is 5.92 Å². The Balaban J connectivity index is 2.25. The predicted octanol–water partition coefficient (Wildman–Crippen LogP) is 2.67. The molecule has 0 saturated carbocycles. The largest absolute Gasteiger partial charge is 0.385 e. The quantitative estimate of drug-likeness (QED) is 0.658. The van der Waals surface area contributed by atoms with Gasteiger partial charge in [0.25, 0.3) is 0 Å². The highest BCUT2D eigenvalue weighted by Crippen LogP contribution is 2.23. The molecule has 0 saturated heterocycles. The smallest absolute Gasteiger partial charge is 0.0794 e. The van der Waals surface area contributed by atoms with Gasteiger partial charge >= 0.3 is 0 Å². The van der Waals surface area contributed by atoms with Crippen molar-refractivity contribution in [3.8, 4) is 0 Å². The van der Waals surface area contributed by atoms with Crippen LogP contribution in [0.5, 0.6) is 0 Å². The summed E-state index contributed by atoms with van der Waals surface area (Å²) in [6.45, 7) is 3.10. The first-order chi connectivity index (χ1) is 5.84. The van der Waals surface area contributed by atoms with Crippen LogP contribution in [0.4, 0.5) is 0 Å². The monoisotopic (exact) mass is 185 g/mol. The number of methoxy groups -OCH3 is 1. The molecular weight excluding hydrogens is 170 g/mol. The molecule has 0 aliphatic carbocycles. The topological polar surface area (TPSA) is 22.1 Å². The summed E-state index contributed by atoms with van der Waals surface area (Å²) in [4.78, 5) is 5.44. The second-order valence-electron chi connectivity index (χ2n) is 2.94. The van der Waals surface area contributed by atoms with Crippen LogP contribution in [0.2, 0.25) is 0 Å². The lowest BCUT2D eigenvalue weighted by Crippen LogP contribution is -1.94. The molecule has 1 atom stereocenters. The molecule has 1 unspecified atom stereocenters. The summed E-state index contributed by atoms with van der Waals surface area (Å²) in [5, 5.41) is 0. The van der Waals surface area contributed by atoms with Gasteiger partial charge in [-0.1, -0.05) is 6.92 Å². The van der Waals surface area contributed by atoms with Crippen LogP contribution in [-0.2, 0) is 4.74 Å². The van der Waals surface area contributed by atoms with Gasteiger partial charge in [0.05, 0.1) is 5.51 Å². The first-order valence-electron chi connectivity index (χ1n) is 4.22. The van der Waals surface area contributed by atoms with Crippen molar-refractivity contribution in [1.29, 1.82) is 0 Å². The van der Waals surface area contributed by atoms with E-state index in [2.05, 4.69) is 11.9 Å². The Kier molecular flexibility index (Phi) is 4.25. The van der Waals surface area contributed by atoms with Crippen molar-refractivity contribution in [2.75, 3.05) is 13.7 Å². The number of aromatic nitrogens is 1. The zero-order valence-electron chi connectivity index (χ0n) is 7.62. The molecule has 0 spiro atoms. The molecule has 12 heavy (non-hydrogen) atoms. The molecule has 0 aliphatic heterocycles. The number of hydrogen-bond acceptors (Lipinski definition) is 3. The second-order valence-corrected chi connectivity index (χ2v) is 3.86. The van der Waals surface area contributed by atoms with Gasteiger partial charge in [0.2, 0.25) is 0 Å². The van der Waals surface area contributed by atoms with Gasteiger partial charge in [-0.15, -0.1) is 11.3 Å².